The summed E-state index contributed by atoms with van der Waals surface area (Å²) in [7, 11) is 0. The minimum Gasteiger partial charge on any atom is -0.481 e. The van der Waals surface area contributed by atoms with Crippen LogP contribution in [0.5, 0.6) is 0 Å². The van der Waals surface area contributed by atoms with E-state index < -0.39 is 18.2 Å². The van der Waals surface area contributed by atoms with Crippen LogP contribution in [0.15, 0.2) is 42.5 Å². The molecule has 148 valence electrons. The highest BCUT2D eigenvalue weighted by Crippen LogP contribution is 2.34. The van der Waals surface area contributed by atoms with Crippen LogP contribution in [0.3, 0.4) is 0 Å². The first-order valence-corrected chi connectivity index (χ1v) is 9.80. The van der Waals surface area contributed by atoms with E-state index >= 15 is 0 Å². The number of carbonyl (C=O) groups excluding carboxylic acids is 1. The first kappa shape index (κ1) is 21.3. The number of rotatable bonds is 11. The zero-order chi connectivity index (χ0) is 19.6. The normalized spacial score (nSPS) is 23.8. The summed E-state index contributed by atoms with van der Waals surface area (Å²) in [6, 6.07) is 9.70. The largest absolute Gasteiger partial charge is 0.481 e. The van der Waals surface area contributed by atoms with E-state index in [1.165, 1.54) is 0 Å². The summed E-state index contributed by atoms with van der Waals surface area (Å²) in [4.78, 5) is 22.7. The summed E-state index contributed by atoms with van der Waals surface area (Å²) in [6.07, 6.45) is 6.96. The second-order valence-corrected chi connectivity index (χ2v) is 7.41. The number of aliphatic hydroxyl groups excluding tert-OH is 2. The lowest BCUT2D eigenvalue weighted by atomic mass is 9.88. The van der Waals surface area contributed by atoms with Crippen LogP contribution in [0.2, 0.25) is 0 Å². The maximum absolute atomic E-state index is 12.2. The number of unbranched alkanes of at least 4 members (excludes halogenated alkanes) is 3. The maximum atomic E-state index is 12.2. The molecule has 1 fully saturated rings. The van der Waals surface area contributed by atoms with E-state index in [0.717, 1.165) is 24.8 Å². The van der Waals surface area contributed by atoms with Gasteiger partial charge in [-0.05, 0) is 18.4 Å². The van der Waals surface area contributed by atoms with Crippen molar-refractivity contribution < 1.29 is 24.9 Å². The quantitative estimate of drug-likeness (QED) is 0.409. The van der Waals surface area contributed by atoms with E-state index in [4.69, 9.17) is 5.11 Å². The molecule has 0 radical (unpaired) electrons. The summed E-state index contributed by atoms with van der Waals surface area (Å²) < 4.78 is 0. The average Bonchev–Trinajstić information content (AvgIpc) is 2.89. The third-order valence-corrected chi connectivity index (χ3v) is 5.23. The molecule has 1 aliphatic rings. The molecular formula is C22H30O5. The van der Waals surface area contributed by atoms with Crippen LogP contribution in [0.4, 0.5) is 0 Å². The van der Waals surface area contributed by atoms with Crippen molar-refractivity contribution in [2.45, 2.75) is 63.6 Å². The minimum atomic E-state index is -0.775. The summed E-state index contributed by atoms with van der Waals surface area (Å²) in [5.74, 6) is -1.15. The number of hydrogen-bond donors (Lipinski definition) is 3. The molecule has 0 heterocycles. The van der Waals surface area contributed by atoms with Gasteiger partial charge in [0.15, 0.2) is 0 Å². The van der Waals surface area contributed by atoms with E-state index in [2.05, 4.69) is 0 Å². The van der Waals surface area contributed by atoms with E-state index in [9.17, 15) is 19.8 Å². The number of carbonyl (C=O) groups is 2. The SMILES string of the molecule is O=C(O)CCCCCC[C@@H]1C(=O)C[C@H](O)[C@@H]1/C=C/[C@@H](O)Cc1ccccc1. The van der Waals surface area contributed by atoms with E-state index in [-0.39, 0.29) is 30.5 Å². The number of aliphatic carboxylic acids is 1. The Morgan fingerprint density at radius 1 is 1.15 bits per heavy atom. The average molecular weight is 374 g/mol. The van der Waals surface area contributed by atoms with Gasteiger partial charge in [0, 0.05) is 31.1 Å². The van der Waals surface area contributed by atoms with E-state index in [1.807, 2.05) is 30.3 Å². The second-order valence-electron chi connectivity index (χ2n) is 7.41. The molecule has 4 atom stereocenters. The summed E-state index contributed by atoms with van der Waals surface area (Å²) in [5.41, 5.74) is 1.04. The Hall–Kier alpha value is -1.98. The first-order valence-electron chi connectivity index (χ1n) is 9.80. The standard InChI is InChI=1S/C22H30O5/c23-17(14-16-8-4-3-5-9-16)12-13-19-18(20(24)15-21(19)25)10-6-1-2-7-11-22(26)27/h3-5,8-9,12-13,17-19,21,23,25H,1-2,6-7,10-11,14-15H2,(H,26,27)/b13-12+/t17-,18+,19-,21+/m1/s1. The van der Waals surface area contributed by atoms with Crippen molar-refractivity contribution in [3.8, 4) is 0 Å². The highest BCUT2D eigenvalue weighted by molar-refractivity contribution is 5.84. The van der Waals surface area contributed by atoms with Gasteiger partial charge in [0.05, 0.1) is 12.2 Å². The minimum absolute atomic E-state index is 0.0836. The Kier molecular flexibility index (Phi) is 8.69. The maximum Gasteiger partial charge on any atom is 0.303 e. The molecule has 0 saturated heterocycles. The van der Waals surface area contributed by atoms with Gasteiger partial charge in [-0.1, -0.05) is 61.7 Å². The lowest BCUT2D eigenvalue weighted by Crippen LogP contribution is -2.19. The predicted octanol–water partition coefficient (Wildman–Crippen LogP) is 3.14. The van der Waals surface area contributed by atoms with Crippen molar-refractivity contribution >= 4 is 11.8 Å². The van der Waals surface area contributed by atoms with Crippen LogP contribution in [0.1, 0.15) is 50.5 Å². The van der Waals surface area contributed by atoms with Crippen molar-refractivity contribution in [2.75, 3.05) is 0 Å². The molecule has 1 aromatic carbocycles. The fourth-order valence-corrected chi connectivity index (χ4v) is 3.77. The predicted molar refractivity (Wildman–Crippen MR) is 103 cm³/mol. The zero-order valence-corrected chi connectivity index (χ0v) is 15.7. The van der Waals surface area contributed by atoms with Crippen LogP contribution in [0.25, 0.3) is 0 Å². The van der Waals surface area contributed by atoms with Crippen LogP contribution in [-0.4, -0.2) is 39.3 Å². The van der Waals surface area contributed by atoms with Gasteiger partial charge >= 0.3 is 5.97 Å². The van der Waals surface area contributed by atoms with Crippen LogP contribution in [-0.2, 0) is 16.0 Å². The van der Waals surface area contributed by atoms with Gasteiger partial charge in [-0.25, -0.2) is 0 Å². The molecule has 5 heteroatoms. The molecular weight excluding hydrogens is 344 g/mol. The number of Topliss-reactive ketones (excluding diaryl/α,β-unsaturated/α-hetero) is 1. The summed E-state index contributed by atoms with van der Waals surface area (Å²) >= 11 is 0. The Balaban J connectivity index is 1.81. The molecule has 5 nitrogen and oxygen atoms in total. The molecule has 1 aromatic rings. The Labute approximate surface area is 160 Å². The fourth-order valence-electron chi connectivity index (χ4n) is 3.77. The van der Waals surface area contributed by atoms with Crippen molar-refractivity contribution in [1.82, 2.24) is 0 Å². The number of carboxylic acid groups (broad SMARTS) is 1. The molecule has 1 saturated carbocycles. The molecule has 0 unspecified atom stereocenters. The second kappa shape index (κ2) is 11.0. The van der Waals surface area contributed by atoms with Gasteiger partial charge in [-0.2, -0.15) is 0 Å². The molecule has 27 heavy (non-hydrogen) atoms. The molecule has 2 rings (SSSR count). The van der Waals surface area contributed by atoms with E-state index in [1.54, 1.807) is 12.2 Å². The molecule has 1 aliphatic carbocycles. The van der Waals surface area contributed by atoms with Crippen molar-refractivity contribution in [1.29, 1.82) is 0 Å². The Morgan fingerprint density at radius 3 is 2.56 bits per heavy atom. The lowest BCUT2D eigenvalue weighted by molar-refractivity contribution is -0.137. The van der Waals surface area contributed by atoms with Gasteiger partial charge in [-0.15, -0.1) is 0 Å². The first-order chi connectivity index (χ1) is 13.0. The topological polar surface area (TPSA) is 94.8 Å². The number of benzene rings is 1. The molecule has 0 spiro atoms. The van der Waals surface area contributed by atoms with Crippen LogP contribution >= 0.6 is 0 Å². The monoisotopic (exact) mass is 374 g/mol. The van der Waals surface area contributed by atoms with Crippen molar-refractivity contribution in [2.24, 2.45) is 11.8 Å². The number of ketones is 1. The number of hydrogen-bond acceptors (Lipinski definition) is 4. The van der Waals surface area contributed by atoms with E-state index in [0.29, 0.717) is 19.3 Å². The van der Waals surface area contributed by atoms with Gasteiger partial charge in [-0.3, -0.25) is 9.59 Å². The molecule has 3 N–H and O–H groups in total. The third kappa shape index (κ3) is 7.27. The highest BCUT2D eigenvalue weighted by Gasteiger charge is 2.39. The lowest BCUT2D eigenvalue weighted by Gasteiger charge is -2.18. The zero-order valence-electron chi connectivity index (χ0n) is 15.7. The molecule has 0 aliphatic heterocycles. The van der Waals surface area contributed by atoms with Gasteiger partial charge in [0.25, 0.3) is 0 Å². The van der Waals surface area contributed by atoms with Gasteiger partial charge in [0.1, 0.15) is 5.78 Å². The Bertz CT molecular complexity index is 625. The van der Waals surface area contributed by atoms with Gasteiger partial charge in [0.2, 0.25) is 0 Å². The number of aliphatic hydroxyl groups is 2. The molecule has 0 bridgehead atoms. The van der Waals surface area contributed by atoms with Crippen LogP contribution in [0, 0.1) is 11.8 Å². The molecule has 0 aromatic heterocycles. The fraction of sp³-hybridized carbons (Fsp3) is 0.545. The molecule has 0 amide bonds. The Morgan fingerprint density at radius 2 is 1.85 bits per heavy atom. The smallest absolute Gasteiger partial charge is 0.303 e. The summed E-state index contributed by atoms with van der Waals surface area (Å²) in [5, 5.41) is 29.1. The van der Waals surface area contributed by atoms with Crippen molar-refractivity contribution in [3.05, 3.63) is 48.0 Å². The highest BCUT2D eigenvalue weighted by atomic mass is 16.4. The summed E-state index contributed by atoms with van der Waals surface area (Å²) in [6.45, 7) is 0. The van der Waals surface area contributed by atoms with Crippen molar-refractivity contribution in [3.63, 3.8) is 0 Å². The van der Waals surface area contributed by atoms with Gasteiger partial charge < -0.3 is 15.3 Å². The number of carboxylic acids is 1. The van der Waals surface area contributed by atoms with Crippen LogP contribution < -0.4 is 0 Å². The third-order valence-electron chi connectivity index (χ3n) is 5.23.